The van der Waals surface area contributed by atoms with Crippen LogP contribution in [0.2, 0.25) is 0 Å². The van der Waals surface area contributed by atoms with Crippen molar-refractivity contribution >= 4 is 5.82 Å². The SMILES string of the molecule is CCC(CC)Nc1nc(C)cnc1OC. The third-order valence-corrected chi connectivity index (χ3v) is 2.38. The van der Waals surface area contributed by atoms with Gasteiger partial charge in [-0.05, 0) is 19.8 Å². The fourth-order valence-electron chi connectivity index (χ4n) is 1.40. The van der Waals surface area contributed by atoms with Crippen LogP contribution in [0.1, 0.15) is 32.4 Å². The minimum Gasteiger partial charge on any atom is -0.478 e. The second kappa shape index (κ2) is 5.53. The number of methoxy groups -OCH3 is 1. The molecular weight excluding hydrogens is 190 g/mol. The average Bonchev–Trinajstić information content (AvgIpc) is 2.26. The molecule has 1 rings (SSSR count). The molecule has 1 heterocycles. The molecule has 0 spiro atoms. The molecule has 4 heteroatoms. The van der Waals surface area contributed by atoms with Crippen molar-refractivity contribution in [3.8, 4) is 5.88 Å². The van der Waals surface area contributed by atoms with E-state index in [9.17, 15) is 0 Å². The van der Waals surface area contributed by atoms with E-state index in [-0.39, 0.29) is 0 Å². The summed E-state index contributed by atoms with van der Waals surface area (Å²) < 4.78 is 5.15. The molecule has 0 fully saturated rings. The molecule has 1 aromatic rings. The first kappa shape index (κ1) is 11.8. The molecule has 0 bridgehead atoms. The Hall–Kier alpha value is -1.32. The smallest absolute Gasteiger partial charge is 0.257 e. The van der Waals surface area contributed by atoms with Crippen LogP contribution in [0.4, 0.5) is 5.82 Å². The van der Waals surface area contributed by atoms with E-state index in [1.807, 2.05) is 6.92 Å². The van der Waals surface area contributed by atoms with Crippen molar-refractivity contribution in [3.05, 3.63) is 11.9 Å². The topological polar surface area (TPSA) is 47.0 Å². The highest BCUT2D eigenvalue weighted by molar-refractivity contribution is 5.46. The highest BCUT2D eigenvalue weighted by Gasteiger charge is 2.10. The van der Waals surface area contributed by atoms with Gasteiger partial charge >= 0.3 is 0 Å². The Balaban J connectivity index is 2.86. The summed E-state index contributed by atoms with van der Waals surface area (Å²) in [7, 11) is 1.61. The lowest BCUT2D eigenvalue weighted by Gasteiger charge is -2.16. The second-order valence-electron chi connectivity index (χ2n) is 3.53. The Labute approximate surface area is 91.1 Å². The van der Waals surface area contributed by atoms with Gasteiger partial charge < -0.3 is 10.1 Å². The maximum atomic E-state index is 5.15. The predicted octanol–water partition coefficient (Wildman–Crippen LogP) is 2.39. The van der Waals surface area contributed by atoms with Crippen LogP contribution in [0, 0.1) is 6.92 Å². The molecule has 15 heavy (non-hydrogen) atoms. The quantitative estimate of drug-likeness (QED) is 0.809. The van der Waals surface area contributed by atoms with Crippen molar-refractivity contribution in [1.82, 2.24) is 9.97 Å². The summed E-state index contributed by atoms with van der Waals surface area (Å²) in [4.78, 5) is 8.55. The van der Waals surface area contributed by atoms with E-state index in [4.69, 9.17) is 4.74 Å². The van der Waals surface area contributed by atoms with Crippen molar-refractivity contribution in [2.45, 2.75) is 39.7 Å². The Morgan fingerprint density at radius 1 is 1.40 bits per heavy atom. The summed E-state index contributed by atoms with van der Waals surface area (Å²) in [6.45, 7) is 6.22. The van der Waals surface area contributed by atoms with Crippen LogP contribution in [0.5, 0.6) is 5.88 Å². The van der Waals surface area contributed by atoms with E-state index in [1.165, 1.54) is 0 Å². The number of hydrogen-bond donors (Lipinski definition) is 1. The first-order valence-corrected chi connectivity index (χ1v) is 5.35. The molecule has 0 saturated heterocycles. The average molecular weight is 209 g/mol. The molecular formula is C11H19N3O. The Morgan fingerprint density at radius 2 is 2.07 bits per heavy atom. The van der Waals surface area contributed by atoms with Gasteiger partial charge in [0.2, 0.25) is 0 Å². The zero-order valence-corrected chi connectivity index (χ0v) is 9.87. The summed E-state index contributed by atoms with van der Waals surface area (Å²) in [5.41, 5.74) is 0.893. The van der Waals surface area contributed by atoms with Crippen molar-refractivity contribution in [2.24, 2.45) is 0 Å². The lowest BCUT2D eigenvalue weighted by Crippen LogP contribution is -2.19. The van der Waals surface area contributed by atoms with E-state index < -0.39 is 0 Å². The van der Waals surface area contributed by atoms with Crippen LogP contribution in [0.15, 0.2) is 6.20 Å². The van der Waals surface area contributed by atoms with E-state index >= 15 is 0 Å². The second-order valence-corrected chi connectivity index (χ2v) is 3.53. The van der Waals surface area contributed by atoms with Crippen LogP contribution >= 0.6 is 0 Å². The molecule has 4 nitrogen and oxygen atoms in total. The van der Waals surface area contributed by atoms with Crippen LogP contribution in [-0.2, 0) is 0 Å². The van der Waals surface area contributed by atoms with Crippen LogP contribution in [0.25, 0.3) is 0 Å². The van der Waals surface area contributed by atoms with E-state index in [1.54, 1.807) is 13.3 Å². The van der Waals surface area contributed by atoms with Crippen molar-refractivity contribution in [1.29, 1.82) is 0 Å². The molecule has 0 aliphatic carbocycles. The summed E-state index contributed by atoms with van der Waals surface area (Å²) in [6, 6.07) is 0.426. The molecule has 0 saturated carbocycles. The number of nitrogens with zero attached hydrogens (tertiary/aromatic N) is 2. The van der Waals surface area contributed by atoms with Gasteiger partial charge in [0.1, 0.15) is 0 Å². The largest absolute Gasteiger partial charge is 0.478 e. The number of aryl methyl sites for hydroxylation is 1. The van der Waals surface area contributed by atoms with Gasteiger partial charge in [-0.15, -0.1) is 0 Å². The van der Waals surface area contributed by atoms with Gasteiger partial charge in [-0.2, -0.15) is 0 Å². The van der Waals surface area contributed by atoms with E-state index in [0.29, 0.717) is 11.9 Å². The highest BCUT2D eigenvalue weighted by atomic mass is 16.5. The zero-order chi connectivity index (χ0) is 11.3. The monoisotopic (exact) mass is 209 g/mol. The van der Waals surface area contributed by atoms with Crippen molar-refractivity contribution < 1.29 is 4.74 Å². The first-order valence-electron chi connectivity index (χ1n) is 5.35. The maximum Gasteiger partial charge on any atom is 0.257 e. The number of ether oxygens (including phenoxy) is 1. The first-order chi connectivity index (χ1) is 7.21. The Kier molecular flexibility index (Phi) is 4.34. The van der Waals surface area contributed by atoms with Crippen LogP contribution in [-0.4, -0.2) is 23.1 Å². The zero-order valence-electron chi connectivity index (χ0n) is 9.87. The molecule has 0 radical (unpaired) electrons. The molecule has 0 atom stereocenters. The molecule has 1 aromatic heterocycles. The van der Waals surface area contributed by atoms with Gasteiger partial charge in [0.05, 0.1) is 19.0 Å². The standard InChI is InChI=1S/C11H19N3O/c1-5-9(6-2)14-10-11(15-4)12-7-8(3)13-10/h7,9H,5-6H2,1-4H3,(H,13,14). The Bertz CT molecular complexity index is 311. The molecule has 0 amide bonds. The van der Waals surface area contributed by atoms with E-state index in [0.717, 1.165) is 24.4 Å². The number of rotatable bonds is 5. The summed E-state index contributed by atoms with van der Waals surface area (Å²) >= 11 is 0. The lowest BCUT2D eigenvalue weighted by molar-refractivity contribution is 0.396. The molecule has 0 aliphatic heterocycles. The maximum absolute atomic E-state index is 5.15. The fourth-order valence-corrected chi connectivity index (χ4v) is 1.40. The number of hydrogen-bond acceptors (Lipinski definition) is 4. The molecule has 0 unspecified atom stereocenters. The van der Waals surface area contributed by atoms with Gasteiger partial charge in [0.15, 0.2) is 5.82 Å². The van der Waals surface area contributed by atoms with Gasteiger partial charge in [-0.1, -0.05) is 13.8 Å². The fraction of sp³-hybridized carbons (Fsp3) is 0.636. The normalized spacial score (nSPS) is 10.5. The van der Waals surface area contributed by atoms with Gasteiger partial charge in [-0.3, -0.25) is 0 Å². The van der Waals surface area contributed by atoms with Gasteiger partial charge in [-0.25, -0.2) is 9.97 Å². The van der Waals surface area contributed by atoms with Gasteiger partial charge in [0.25, 0.3) is 5.88 Å². The summed E-state index contributed by atoms with van der Waals surface area (Å²) in [6.07, 6.45) is 3.83. The highest BCUT2D eigenvalue weighted by Crippen LogP contribution is 2.20. The number of aromatic nitrogens is 2. The lowest BCUT2D eigenvalue weighted by atomic mass is 10.2. The van der Waals surface area contributed by atoms with Gasteiger partial charge in [0, 0.05) is 6.04 Å². The minimum atomic E-state index is 0.426. The number of nitrogens with one attached hydrogen (secondary N) is 1. The third-order valence-electron chi connectivity index (χ3n) is 2.38. The summed E-state index contributed by atoms with van der Waals surface area (Å²) in [5, 5.41) is 3.34. The van der Waals surface area contributed by atoms with Crippen molar-refractivity contribution in [2.75, 3.05) is 12.4 Å². The van der Waals surface area contributed by atoms with E-state index in [2.05, 4.69) is 29.1 Å². The third kappa shape index (κ3) is 3.08. The van der Waals surface area contributed by atoms with Crippen LogP contribution < -0.4 is 10.1 Å². The van der Waals surface area contributed by atoms with Crippen molar-refractivity contribution in [3.63, 3.8) is 0 Å². The Morgan fingerprint density at radius 3 is 2.60 bits per heavy atom. The molecule has 0 aliphatic rings. The molecule has 84 valence electrons. The minimum absolute atomic E-state index is 0.426. The summed E-state index contributed by atoms with van der Waals surface area (Å²) in [5.74, 6) is 1.30. The number of anilines is 1. The predicted molar refractivity (Wildman–Crippen MR) is 61.3 cm³/mol. The molecule has 1 N–H and O–H groups in total. The molecule has 0 aromatic carbocycles. The van der Waals surface area contributed by atoms with Crippen LogP contribution in [0.3, 0.4) is 0 Å².